The van der Waals surface area contributed by atoms with E-state index in [2.05, 4.69) is 29.8 Å². The molecule has 0 aliphatic carbocycles. The second kappa shape index (κ2) is 5.43. The highest BCUT2D eigenvalue weighted by Gasteiger charge is 2.08. The smallest absolute Gasteiger partial charge is 0.119 e. The first-order valence-corrected chi connectivity index (χ1v) is 5.49. The van der Waals surface area contributed by atoms with Crippen LogP contribution in [0.25, 0.3) is 10.9 Å². The molecule has 0 aliphatic heterocycles. The molecule has 2 rings (SSSR count). The SMILES string of the molecule is COc1ccc2c(c1)cc(CC(C)N)n2C.Cl. The number of nitrogens with two attached hydrogens (primary N) is 1. The predicted octanol–water partition coefficient (Wildman–Crippen LogP) is 2.50. The van der Waals surface area contributed by atoms with Crippen LogP contribution in [0.5, 0.6) is 5.75 Å². The maximum absolute atomic E-state index is 5.83. The normalized spacial score (nSPS) is 12.2. The molecule has 0 saturated carbocycles. The second-order valence-corrected chi connectivity index (χ2v) is 4.30. The molecule has 1 atom stereocenters. The van der Waals surface area contributed by atoms with E-state index in [4.69, 9.17) is 10.5 Å². The number of rotatable bonds is 3. The van der Waals surface area contributed by atoms with Gasteiger partial charge in [0.25, 0.3) is 0 Å². The fraction of sp³-hybridized carbons (Fsp3) is 0.385. The molecule has 0 fully saturated rings. The van der Waals surface area contributed by atoms with Gasteiger partial charge in [-0.2, -0.15) is 0 Å². The van der Waals surface area contributed by atoms with Crippen molar-refractivity contribution in [3.8, 4) is 5.75 Å². The summed E-state index contributed by atoms with van der Waals surface area (Å²) in [4.78, 5) is 0. The molecule has 0 bridgehead atoms. The fourth-order valence-corrected chi connectivity index (χ4v) is 2.04. The molecule has 0 aliphatic rings. The topological polar surface area (TPSA) is 40.2 Å². The number of fused-ring (bicyclic) bond motifs is 1. The van der Waals surface area contributed by atoms with E-state index in [1.807, 2.05) is 13.0 Å². The molecule has 0 saturated heterocycles. The van der Waals surface area contributed by atoms with Gasteiger partial charge in [-0.25, -0.2) is 0 Å². The van der Waals surface area contributed by atoms with Crippen molar-refractivity contribution >= 4 is 23.3 Å². The van der Waals surface area contributed by atoms with Gasteiger partial charge in [0, 0.05) is 36.1 Å². The van der Waals surface area contributed by atoms with Crippen molar-refractivity contribution in [1.82, 2.24) is 4.57 Å². The molecule has 2 N–H and O–H groups in total. The molecule has 1 aromatic carbocycles. The van der Waals surface area contributed by atoms with Crippen molar-refractivity contribution in [2.24, 2.45) is 12.8 Å². The molecular formula is C13H19ClN2O. The Kier molecular flexibility index (Phi) is 4.43. The number of nitrogens with zero attached hydrogens (tertiary/aromatic N) is 1. The van der Waals surface area contributed by atoms with E-state index < -0.39 is 0 Å². The Balaban J connectivity index is 0.00000144. The van der Waals surface area contributed by atoms with Gasteiger partial charge in [0.15, 0.2) is 0 Å². The van der Waals surface area contributed by atoms with Gasteiger partial charge < -0.3 is 15.0 Å². The molecule has 0 amide bonds. The van der Waals surface area contributed by atoms with Crippen LogP contribution in [0.4, 0.5) is 0 Å². The Morgan fingerprint density at radius 2 is 2.06 bits per heavy atom. The zero-order valence-corrected chi connectivity index (χ0v) is 11.3. The quantitative estimate of drug-likeness (QED) is 0.914. The van der Waals surface area contributed by atoms with E-state index in [1.54, 1.807) is 7.11 Å². The van der Waals surface area contributed by atoms with E-state index in [0.717, 1.165) is 12.2 Å². The van der Waals surface area contributed by atoms with E-state index in [1.165, 1.54) is 16.6 Å². The minimum atomic E-state index is 0. The van der Waals surface area contributed by atoms with Gasteiger partial charge in [0.1, 0.15) is 5.75 Å². The molecule has 4 heteroatoms. The monoisotopic (exact) mass is 254 g/mol. The molecule has 0 spiro atoms. The standard InChI is InChI=1S/C13H18N2O.ClH/c1-9(14)6-11-7-10-8-12(16-3)4-5-13(10)15(11)2;/h4-5,7-9H,6,14H2,1-3H3;1H. The molecular weight excluding hydrogens is 236 g/mol. The summed E-state index contributed by atoms with van der Waals surface area (Å²) in [5.41, 5.74) is 8.31. The van der Waals surface area contributed by atoms with Gasteiger partial charge in [0.2, 0.25) is 0 Å². The van der Waals surface area contributed by atoms with E-state index >= 15 is 0 Å². The summed E-state index contributed by atoms with van der Waals surface area (Å²) in [6.07, 6.45) is 0.896. The van der Waals surface area contributed by atoms with Crippen LogP contribution in [0.1, 0.15) is 12.6 Å². The van der Waals surface area contributed by atoms with E-state index in [0.29, 0.717) is 0 Å². The molecule has 0 radical (unpaired) electrons. The third-order valence-corrected chi connectivity index (χ3v) is 2.88. The molecule has 3 nitrogen and oxygen atoms in total. The molecule has 17 heavy (non-hydrogen) atoms. The Morgan fingerprint density at radius 1 is 1.35 bits per heavy atom. The zero-order chi connectivity index (χ0) is 11.7. The first-order chi connectivity index (χ1) is 7.61. The maximum atomic E-state index is 5.83. The molecule has 1 heterocycles. The first kappa shape index (κ1) is 13.9. The van der Waals surface area contributed by atoms with Gasteiger partial charge in [-0.05, 0) is 31.2 Å². The van der Waals surface area contributed by atoms with Crippen LogP contribution in [-0.4, -0.2) is 17.7 Å². The van der Waals surface area contributed by atoms with Crippen LogP contribution in [0, 0.1) is 0 Å². The Hall–Kier alpha value is -1.19. The summed E-state index contributed by atoms with van der Waals surface area (Å²) < 4.78 is 7.41. The van der Waals surface area contributed by atoms with E-state index in [-0.39, 0.29) is 18.4 Å². The second-order valence-electron chi connectivity index (χ2n) is 4.30. The number of ether oxygens (including phenoxy) is 1. The van der Waals surface area contributed by atoms with Gasteiger partial charge in [-0.3, -0.25) is 0 Å². The van der Waals surface area contributed by atoms with Crippen LogP contribution < -0.4 is 10.5 Å². The third kappa shape index (κ3) is 2.73. The Bertz CT molecular complexity index is 505. The first-order valence-electron chi connectivity index (χ1n) is 5.49. The van der Waals surface area contributed by atoms with Crippen molar-refractivity contribution in [3.63, 3.8) is 0 Å². The minimum Gasteiger partial charge on any atom is -0.497 e. The predicted molar refractivity (Wildman–Crippen MR) is 74.1 cm³/mol. The lowest BCUT2D eigenvalue weighted by Gasteiger charge is -2.06. The van der Waals surface area contributed by atoms with Crippen LogP contribution in [0.15, 0.2) is 24.3 Å². The summed E-state index contributed by atoms with van der Waals surface area (Å²) in [7, 11) is 3.76. The number of aryl methyl sites for hydroxylation is 1. The van der Waals surface area contributed by atoms with Gasteiger partial charge in [0.05, 0.1) is 7.11 Å². The van der Waals surface area contributed by atoms with E-state index in [9.17, 15) is 0 Å². The largest absolute Gasteiger partial charge is 0.497 e. The Morgan fingerprint density at radius 3 is 2.65 bits per heavy atom. The molecule has 1 unspecified atom stereocenters. The summed E-state index contributed by atoms with van der Waals surface area (Å²) in [6.45, 7) is 2.03. The van der Waals surface area contributed by atoms with Crippen molar-refractivity contribution in [2.45, 2.75) is 19.4 Å². The lowest BCUT2D eigenvalue weighted by Crippen LogP contribution is -2.19. The summed E-state index contributed by atoms with van der Waals surface area (Å²) >= 11 is 0. The molecule has 2 aromatic rings. The molecule has 94 valence electrons. The highest BCUT2D eigenvalue weighted by molar-refractivity contribution is 5.85. The number of hydrogen-bond acceptors (Lipinski definition) is 2. The zero-order valence-electron chi connectivity index (χ0n) is 10.4. The highest BCUT2D eigenvalue weighted by Crippen LogP contribution is 2.24. The lowest BCUT2D eigenvalue weighted by molar-refractivity contribution is 0.415. The third-order valence-electron chi connectivity index (χ3n) is 2.88. The summed E-state index contributed by atoms with van der Waals surface area (Å²) in [6, 6.07) is 8.49. The van der Waals surface area contributed by atoms with Crippen molar-refractivity contribution in [1.29, 1.82) is 0 Å². The van der Waals surface area contributed by atoms with Gasteiger partial charge in [-0.15, -0.1) is 12.4 Å². The lowest BCUT2D eigenvalue weighted by atomic mass is 10.2. The van der Waals surface area contributed by atoms with Crippen LogP contribution >= 0.6 is 12.4 Å². The average molecular weight is 255 g/mol. The van der Waals surface area contributed by atoms with Crippen molar-refractivity contribution < 1.29 is 4.74 Å². The van der Waals surface area contributed by atoms with Gasteiger partial charge in [-0.1, -0.05) is 0 Å². The fourth-order valence-electron chi connectivity index (χ4n) is 2.04. The van der Waals surface area contributed by atoms with Crippen molar-refractivity contribution in [3.05, 3.63) is 30.0 Å². The number of halogens is 1. The van der Waals surface area contributed by atoms with Crippen LogP contribution in [0.2, 0.25) is 0 Å². The van der Waals surface area contributed by atoms with Crippen molar-refractivity contribution in [2.75, 3.05) is 7.11 Å². The number of benzene rings is 1. The maximum Gasteiger partial charge on any atom is 0.119 e. The van der Waals surface area contributed by atoms with Gasteiger partial charge >= 0.3 is 0 Å². The summed E-state index contributed by atoms with van der Waals surface area (Å²) in [5, 5.41) is 1.21. The average Bonchev–Trinajstić information content (AvgIpc) is 2.54. The molecule has 1 aromatic heterocycles. The van der Waals surface area contributed by atoms with Crippen LogP contribution in [-0.2, 0) is 13.5 Å². The minimum absolute atomic E-state index is 0. The summed E-state index contributed by atoms with van der Waals surface area (Å²) in [5.74, 6) is 0.894. The highest BCUT2D eigenvalue weighted by atomic mass is 35.5. The Labute approximate surface area is 108 Å². The van der Waals surface area contributed by atoms with Crippen LogP contribution in [0.3, 0.4) is 0 Å². The number of aromatic nitrogens is 1. The number of hydrogen-bond donors (Lipinski definition) is 1. The number of methoxy groups -OCH3 is 1.